The number of nitrogens with zero attached hydrogens (tertiary/aromatic N) is 2. The molecule has 5 rings (SSSR count). The minimum absolute atomic E-state index is 0.100. The lowest BCUT2D eigenvalue weighted by Gasteiger charge is -2.36. The van der Waals surface area contributed by atoms with Crippen LogP contribution in [0, 0.1) is 5.82 Å². The summed E-state index contributed by atoms with van der Waals surface area (Å²) in [6.45, 7) is 2.27. The minimum atomic E-state index is -0.501. The van der Waals surface area contributed by atoms with Gasteiger partial charge in [-0.15, -0.1) is 0 Å². The SMILES string of the molecule is COc1cc2ccccc2cc1C(=O)NC(=S)Nc1ccc(N2CCN(C(=O)c3ccccc3F)CC2)cc1. The fraction of sp³-hybridized carbons (Fsp3) is 0.167. The van der Waals surface area contributed by atoms with Crippen molar-refractivity contribution in [2.45, 2.75) is 0 Å². The highest BCUT2D eigenvalue weighted by Crippen LogP contribution is 2.26. The van der Waals surface area contributed by atoms with Crippen molar-refractivity contribution in [3.63, 3.8) is 0 Å². The zero-order valence-electron chi connectivity index (χ0n) is 21.3. The summed E-state index contributed by atoms with van der Waals surface area (Å²) in [5, 5.41) is 7.84. The Bertz CT molecular complexity index is 1540. The molecular formula is C30H27FN4O3S. The van der Waals surface area contributed by atoms with Crippen LogP contribution >= 0.6 is 12.2 Å². The van der Waals surface area contributed by atoms with Crippen LogP contribution in [0.3, 0.4) is 0 Å². The fourth-order valence-electron chi connectivity index (χ4n) is 4.63. The second-order valence-corrected chi connectivity index (χ2v) is 9.52. The molecule has 39 heavy (non-hydrogen) atoms. The van der Waals surface area contributed by atoms with Crippen LogP contribution in [0.1, 0.15) is 20.7 Å². The Morgan fingerprint density at radius 2 is 1.49 bits per heavy atom. The lowest BCUT2D eigenvalue weighted by atomic mass is 10.1. The second kappa shape index (κ2) is 11.5. The van der Waals surface area contributed by atoms with Crippen LogP contribution < -0.4 is 20.3 Å². The summed E-state index contributed by atoms with van der Waals surface area (Å²) in [6.07, 6.45) is 0. The van der Waals surface area contributed by atoms with Gasteiger partial charge in [-0.2, -0.15) is 0 Å². The van der Waals surface area contributed by atoms with Gasteiger partial charge in [-0.1, -0.05) is 36.4 Å². The molecule has 1 fully saturated rings. The Morgan fingerprint density at radius 1 is 0.846 bits per heavy atom. The summed E-state index contributed by atoms with van der Waals surface area (Å²) in [5.74, 6) is -0.689. The van der Waals surface area contributed by atoms with E-state index in [-0.39, 0.29) is 22.5 Å². The number of piperazine rings is 1. The minimum Gasteiger partial charge on any atom is -0.496 e. The van der Waals surface area contributed by atoms with Crippen LogP contribution in [-0.2, 0) is 0 Å². The van der Waals surface area contributed by atoms with Gasteiger partial charge in [-0.25, -0.2) is 4.39 Å². The third-order valence-corrected chi connectivity index (χ3v) is 6.91. The summed E-state index contributed by atoms with van der Waals surface area (Å²) in [7, 11) is 1.53. The van der Waals surface area contributed by atoms with E-state index in [2.05, 4.69) is 15.5 Å². The van der Waals surface area contributed by atoms with Gasteiger partial charge < -0.3 is 19.9 Å². The molecule has 198 valence electrons. The van der Waals surface area contributed by atoms with Crippen molar-refractivity contribution in [1.29, 1.82) is 0 Å². The number of benzene rings is 4. The van der Waals surface area contributed by atoms with Crippen molar-refractivity contribution in [1.82, 2.24) is 10.2 Å². The van der Waals surface area contributed by atoms with Crippen LogP contribution in [0.25, 0.3) is 10.8 Å². The largest absolute Gasteiger partial charge is 0.496 e. The Hall–Kier alpha value is -4.50. The lowest BCUT2D eigenvalue weighted by Crippen LogP contribution is -2.49. The van der Waals surface area contributed by atoms with E-state index < -0.39 is 5.82 Å². The molecule has 2 N–H and O–H groups in total. The van der Waals surface area contributed by atoms with E-state index in [0.29, 0.717) is 37.5 Å². The molecule has 0 saturated carbocycles. The molecule has 0 unspecified atom stereocenters. The van der Waals surface area contributed by atoms with Gasteiger partial charge in [0, 0.05) is 37.6 Å². The molecule has 0 spiro atoms. The van der Waals surface area contributed by atoms with Gasteiger partial charge in [0.1, 0.15) is 11.6 Å². The Labute approximate surface area is 231 Å². The number of nitrogens with one attached hydrogen (secondary N) is 2. The molecule has 0 bridgehead atoms. The highest BCUT2D eigenvalue weighted by atomic mass is 32.1. The van der Waals surface area contributed by atoms with Crippen molar-refractivity contribution >= 4 is 51.3 Å². The smallest absolute Gasteiger partial charge is 0.261 e. The van der Waals surface area contributed by atoms with Crippen molar-refractivity contribution in [2.24, 2.45) is 0 Å². The first-order chi connectivity index (χ1) is 18.9. The molecule has 1 aliphatic heterocycles. The maximum Gasteiger partial charge on any atom is 0.261 e. The normalized spacial score (nSPS) is 13.2. The molecule has 0 aromatic heterocycles. The molecule has 9 heteroatoms. The monoisotopic (exact) mass is 542 g/mol. The molecule has 0 atom stereocenters. The van der Waals surface area contributed by atoms with Gasteiger partial charge in [-0.3, -0.25) is 14.9 Å². The molecular weight excluding hydrogens is 515 g/mol. The lowest BCUT2D eigenvalue weighted by molar-refractivity contribution is 0.0742. The van der Waals surface area contributed by atoms with Gasteiger partial charge in [-0.05, 0) is 71.5 Å². The number of hydrogen-bond donors (Lipinski definition) is 2. The molecule has 7 nitrogen and oxygen atoms in total. The highest BCUT2D eigenvalue weighted by Gasteiger charge is 2.24. The number of anilines is 2. The predicted molar refractivity (Wildman–Crippen MR) is 155 cm³/mol. The van der Waals surface area contributed by atoms with E-state index in [0.717, 1.165) is 22.1 Å². The number of carbonyl (C=O) groups is 2. The third kappa shape index (κ3) is 5.83. The number of methoxy groups -OCH3 is 1. The number of fused-ring (bicyclic) bond motifs is 1. The summed E-state index contributed by atoms with van der Waals surface area (Å²) >= 11 is 5.37. The van der Waals surface area contributed by atoms with Crippen molar-refractivity contribution in [3.05, 3.63) is 102 Å². The van der Waals surface area contributed by atoms with Crippen LogP contribution in [0.15, 0.2) is 84.9 Å². The van der Waals surface area contributed by atoms with E-state index >= 15 is 0 Å². The van der Waals surface area contributed by atoms with Gasteiger partial charge >= 0.3 is 0 Å². The molecule has 4 aromatic carbocycles. The number of halogens is 1. The highest BCUT2D eigenvalue weighted by molar-refractivity contribution is 7.80. The molecule has 0 aliphatic carbocycles. The molecule has 2 amide bonds. The molecule has 1 aliphatic rings. The van der Waals surface area contributed by atoms with Crippen LogP contribution in [0.2, 0.25) is 0 Å². The Balaban J connectivity index is 1.16. The van der Waals surface area contributed by atoms with E-state index in [1.165, 1.54) is 19.2 Å². The van der Waals surface area contributed by atoms with Crippen LogP contribution in [0.4, 0.5) is 15.8 Å². The standard InChI is InChI=1S/C30H27FN4O3S/c1-38-27-19-21-7-3-2-6-20(21)18-25(27)28(36)33-30(39)32-22-10-12-23(13-11-22)34-14-16-35(17-15-34)29(37)24-8-4-5-9-26(24)31/h2-13,18-19H,14-17H2,1H3,(H2,32,33,36,39). The van der Waals surface area contributed by atoms with Gasteiger partial charge in [0.05, 0.1) is 18.2 Å². The van der Waals surface area contributed by atoms with Crippen LogP contribution in [-0.4, -0.2) is 55.1 Å². The maximum atomic E-state index is 14.0. The van der Waals surface area contributed by atoms with E-state index in [1.807, 2.05) is 54.6 Å². The summed E-state index contributed by atoms with van der Waals surface area (Å²) < 4.78 is 19.4. The van der Waals surface area contributed by atoms with Gasteiger partial charge in [0.25, 0.3) is 11.8 Å². The first kappa shape index (κ1) is 26.1. The average molecular weight is 543 g/mol. The zero-order valence-corrected chi connectivity index (χ0v) is 22.1. The Kier molecular flexibility index (Phi) is 7.69. The molecule has 1 heterocycles. The van der Waals surface area contributed by atoms with Crippen LogP contribution in [0.5, 0.6) is 5.75 Å². The maximum absolute atomic E-state index is 14.0. The van der Waals surface area contributed by atoms with E-state index in [1.54, 1.807) is 23.1 Å². The average Bonchev–Trinajstić information content (AvgIpc) is 2.96. The van der Waals surface area contributed by atoms with Crippen molar-refractivity contribution in [2.75, 3.05) is 43.5 Å². The zero-order chi connectivity index (χ0) is 27.4. The van der Waals surface area contributed by atoms with Gasteiger partial charge in [0.2, 0.25) is 0 Å². The first-order valence-corrected chi connectivity index (χ1v) is 12.9. The summed E-state index contributed by atoms with van der Waals surface area (Å²) in [5.41, 5.74) is 2.21. The summed E-state index contributed by atoms with van der Waals surface area (Å²) in [6, 6.07) is 25.1. The van der Waals surface area contributed by atoms with E-state index in [4.69, 9.17) is 17.0 Å². The van der Waals surface area contributed by atoms with Crippen molar-refractivity contribution in [3.8, 4) is 5.75 Å². The molecule has 4 aromatic rings. The third-order valence-electron chi connectivity index (χ3n) is 6.70. The number of amides is 2. The predicted octanol–water partition coefficient (Wildman–Crippen LogP) is 5.08. The quantitative estimate of drug-likeness (QED) is 0.343. The molecule has 0 radical (unpaired) electrons. The Morgan fingerprint density at radius 3 is 2.15 bits per heavy atom. The number of ether oxygens (including phenoxy) is 1. The fourth-order valence-corrected chi connectivity index (χ4v) is 4.84. The number of carbonyl (C=O) groups excluding carboxylic acids is 2. The van der Waals surface area contributed by atoms with Gasteiger partial charge in [0.15, 0.2) is 5.11 Å². The second-order valence-electron chi connectivity index (χ2n) is 9.11. The first-order valence-electron chi connectivity index (χ1n) is 12.5. The van der Waals surface area contributed by atoms with Crippen molar-refractivity contribution < 1.29 is 18.7 Å². The molecule has 1 saturated heterocycles. The number of rotatable bonds is 5. The topological polar surface area (TPSA) is 73.9 Å². The number of thiocarbonyl (C=S) groups is 1. The van der Waals surface area contributed by atoms with E-state index in [9.17, 15) is 14.0 Å². The summed E-state index contributed by atoms with van der Waals surface area (Å²) in [4.78, 5) is 29.5. The number of hydrogen-bond acceptors (Lipinski definition) is 5.